The van der Waals surface area contributed by atoms with E-state index in [1.165, 1.54) is 17.5 Å². The van der Waals surface area contributed by atoms with Crippen LogP contribution in [0.5, 0.6) is 0 Å². The Balaban J connectivity index is 1.85. The van der Waals surface area contributed by atoms with Crippen LogP contribution in [0.15, 0.2) is 24.3 Å². The average Bonchev–Trinajstić information content (AvgIpc) is 2.84. The summed E-state index contributed by atoms with van der Waals surface area (Å²) >= 11 is 0. The molecule has 2 unspecified atom stereocenters. The van der Waals surface area contributed by atoms with Gasteiger partial charge < -0.3 is 5.32 Å². The number of benzene rings is 1. The summed E-state index contributed by atoms with van der Waals surface area (Å²) in [5.74, 6) is 0.916. The Labute approximate surface area is 116 Å². The summed E-state index contributed by atoms with van der Waals surface area (Å²) in [7, 11) is 0. The van der Waals surface area contributed by atoms with Crippen LogP contribution in [0.1, 0.15) is 44.2 Å². The Morgan fingerprint density at radius 2 is 1.89 bits per heavy atom. The van der Waals surface area contributed by atoms with Crippen molar-refractivity contribution in [2.45, 2.75) is 52.1 Å². The molecular formula is C17H24N2. The van der Waals surface area contributed by atoms with Crippen molar-refractivity contribution in [1.82, 2.24) is 5.32 Å². The molecule has 2 nitrogen and oxygen atoms in total. The number of hydrogen-bond acceptors (Lipinski definition) is 2. The lowest BCUT2D eigenvalue weighted by Crippen LogP contribution is -2.31. The Morgan fingerprint density at radius 1 is 1.21 bits per heavy atom. The van der Waals surface area contributed by atoms with Crippen LogP contribution in [-0.4, -0.2) is 6.04 Å². The van der Waals surface area contributed by atoms with Gasteiger partial charge in [-0.15, -0.1) is 0 Å². The van der Waals surface area contributed by atoms with Crippen LogP contribution in [-0.2, 0) is 13.0 Å². The third-order valence-corrected chi connectivity index (χ3v) is 3.92. The van der Waals surface area contributed by atoms with Gasteiger partial charge in [-0.2, -0.15) is 5.26 Å². The second-order valence-corrected chi connectivity index (χ2v) is 6.07. The lowest BCUT2D eigenvalue weighted by molar-refractivity contribution is 0.464. The molecule has 0 amide bonds. The molecule has 2 heteroatoms. The molecule has 102 valence electrons. The molecular weight excluding hydrogens is 232 g/mol. The summed E-state index contributed by atoms with van der Waals surface area (Å²) in [5, 5.41) is 12.6. The summed E-state index contributed by atoms with van der Waals surface area (Å²) < 4.78 is 0. The second-order valence-electron chi connectivity index (χ2n) is 6.07. The first kappa shape index (κ1) is 14.1. The lowest BCUT2D eigenvalue weighted by atomic mass is 10.0. The fourth-order valence-electron chi connectivity index (χ4n) is 2.87. The van der Waals surface area contributed by atoms with Gasteiger partial charge in [0.25, 0.3) is 0 Å². The Bertz CT molecular complexity index is 428. The topological polar surface area (TPSA) is 35.8 Å². The summed E-state index contributed by atoms with van der Waals surface area (Å²) in [6, 6.07) is 11.7. The molecule has 0 aliphatic heterocycles. The molecule has 1 aromatic carbocycles. The highest BCUT2D eigenvalue weighted by atomic mass is 14.9. The van der Waals surface area contributed by atoms with Gasteiger partial charge >= 0.3 is 0 Å². The van der Waals surface area contributed by atoms with Gasteiger partial charge in [-0.3, -0.25) is 0 Å². The number of nitrogens with one attached hydrogen (secondary N) is 1. The van der Waals surface area contributed by atoms with Gasteiger partial charge in [0.2, 0.25) is 0 Å². The van der Waals surface area contributed by atoms with E-state index in [2.05, 4.69) is 49.5 Å². The van der Waals surface area contributed by atoms with Crippen molar-refractivity contribution >= 4 is 0 Å². The van der Waals surface area contributed by atoms with Crippen LogP contribution in [0.25, 0.3) is 0 Å². The summed E-state index contributed by atoms with van der Waals surface area (Å²) in [5.41, 5.74) is 2.73. The van der Waals surface area contributed by atoms with Gasteiger partial charge in [0.1, 0.15) is 0 Å². The molecule has 1 aromatic rings. The van der Waals surface area contributed by atoms with Gasteiger partial charge in [0, 0.05) is 12.6 Å². The molecule has 1 fully saturated rings. The molecule has 0 radical (unpaired) electrons. The third-order valence-electron chi connectivity index (χ3n) is 3.92. The van der Waals surface area contributed by atoms with E-state index in [0.29, 0.717) is 12.0 Å². The zero-order valence-electron chi connectivity index (χ0n) is 12.0. The number of rotatable bonds is 5. The zero-order chi connectivity index (χ0) is 13.7. The Morgan fingerprint density at radius 3 is 2.53 bits per heavy atom. The molecule has 0 heterocycles. The van der Waals surface area contributed by atoms with Gasteiger partial charge in [0.15, 0.2) is 0 Å². The van der Waals surface area contributed by atoms with Gasteiger partial charge in [-0.25, -0.2) is 0 Å². The van der Waals surface area contributed by atoms with E-state index in [4.69, 9.17) is 5.26 Å². The summed E-state index contributed by atoms with van der Waals surface area (Å²) in [6.07, 6.45) is 4.53. The third kappa shape index (κ3) is 4.08. The highest BCUT2D eigenvalue weighted by molar-refractivity contribution is 5.23. The van der Waals surface area contributed by atoms with E-state index in [9.17, 15) is 0 Å². The van der Waals surface area contributed by atoms with E-state index >= 15 is 0 Å². The number of hydrogen-bond donors (Lipinski definition) is 1. The van der Waals surface area contributed by atoms with Crippen LogP contribution in [0, 0.1) is 23.2 Å². The van der Waals surface area contributed by atoms with E-state index in [1.807, 2.05) is 0 Å². The predicted octanol–water partition coefficient (Wildman–Crippen LogP) is 3.67. The zero-order valence-corrected chi connectivity index (χ0v) is 12.0. The monoisotopic (exact) mass is 256 g/mol. The van der Waals surface area contributed by atoms with Crippen molar-refractivity contribution in [3.8, 4) is 6.07 Å². The van der Waals surface area contributed by atoms with E-state index in [0.717, 1.165) is 25.8 Å². The van der Waals surface area contributed by atoms with Gasteiger partial charge in [-0.05, 0) is 36.3 Å². The molecule has 1 aliphatic rings. The average molecular weight is 256 g/mol. The standard InChI is InChI=1S/C17H24N2/c1-13(2)10-14-6-8-15(9-7-14)12-19-17-5-3-4-16(17)11-18/h6-9,13,16-17,19H,3-5,10,12H2,1-2H3. The van der Waals surface area contributed by atoms with Crippen LogP contribution in [0.3, 0.4) is 0 Å². The minimum atomic E-state index is 0.209. The van der Waals surface area contributed by atoms with Gasteiger partial charge in [0.05, 0.1) is 12.0 Å². The molecule has 1 N–H and O–H groups in total. The van der Waals surface area contributed by atoms with Crippen molar-refractivity contribution in [2.24, 2.45) is 11.8 Å². The molecule has 0 spiro atoms. The first-order valence-corrected chi connectivity index (χ1v) is 7.40. The van der Waals surface area contributed by atoms with Crippen LogP contribution in [0.4, 0.5) is 0 Å². The van der Waals surface area contributed by atoms with E-state index in [-0.39, 0.29) is 5.92 Å². The first-order valence-electron chi connectivity index (χ1n) is 7.40. The minimum absolute atomic E-state index is 0.209. The maximum atomic E-state index is 9.06. The molecule has 1 saturated carbocycles. The maximum absolute atomic E-state index is 9.06. The van der Waals surface area contributed by atoms with Crippen LogP contribution in [0.2, 0.25) is 0 Å². The predicted molar refractivity (Wildman–Crippen MR) is 78.6 cm³/mol. The molecule has 0 bridgehead atoms. The fourth-order valence-corrected chi connectivity index (χ4v) is 2.87. The first-order chi connectivity index (χ1) is 9.19. The maximum Gasteiger partial charge on any atom is 0.0672 e. The Hall–Kier alpha value is -1.33. The molecule has 0 saturated heterocycles. The minimum Gasteiger partial charge on any atom is -0.309 e. The van der Waals surface area contributed by atoms with Gasteiger partial charge in [-0.1, -0.05) is 44.5 Å². The number of nitrogens with zero attached hydrogens (tertiary/aromatic N) is 1. The smallest absolute Gasteiger partial charge is 0.0672 e. The number of nitriles is 1. The normalized spacial score (nSPS) is 22.6. The Kier molecular flexibility index (Phi) is 4.99. The highest BCUT2D eigenvalue weighted by Crippen LogP contribution is 2.25. The van der Waals surface area contributed by atoms with Crippen LogP contribution >= 0.6 is 0 Å². The van der Waals surface area contributed by atoms with Crippen molar-refractivity contribution in [3.05, 3.63) is 35.4 Å². The van der Waals surface area contributed by atoms with Crippen molar-refractivity contribution in [3.63, 3.8) is 0 Å². The van der Waals surface area contributed by atoms with Crippen LogP contribution < -0.4 is 5.32 Å². The van der Waals surface area contributed by atoms with Crippen molar-refractivity contribution < 1.29 is 0 Å². The second kappa shape index (κ2) is 6.73. The SMILES string of the molecule is CC(C)Cc1ccc(CNC2CCCC2C#N)cc1. The molecule has 2 rings (SSSR count). The summed E-state index contributed by atoms with van der Waals surface area (Å²) in [6.45, 7) is 5.37. The fraction of sp³-hybridized carbons (Fsp3) is 0.588. The summed E-state index contributed by atoms with van der Waals surface area (Å²) in [4.78, 5) is 0. The van der Waals surface area contributed by atoms with Crippen molar-refractivity contribution in [2.75, 3.05) is 0 Å². The molecule has 2 atom stereocenters. The van der Waals surface area contributed by atoms with E-state index in [1.54, 1.807) is 0 Å². The molecule has 19 heavy (non-hydrogen) atoms. The quantitative estimate of drug-likeness (QED) is 0.872. The lowest BCUT2D eigenvalue weighted by Gasteiger charge is -2.15. The van der Waals surface area contributed by atoms with Crippen molar-refractivity contribution in [1.29, 1.82) is 5.26 Å². The molecule has 1 aliphatic carbocycles. The largest absolute Gasteiger partial charge is 0.309 e. The molecule has 0 aromatic heterocycles. The van der Waals surface area contributed by atoms with E-state index < -0.39 is 0 Å². The highest BCUT2D eigenvalue weighted by Gasteiger charge is 2.26.